The molecule has 0 aliphatic rings. The van der Waals surface area contributed by atoms with E-state index in [-0.39, 0.29) is 0 Å². The number of rotatable bonds is 12. The molecule has 0 radical (unpaired) electrons. The van der Waals surface area contributed by atoms with Crippen molar-refractivity contribution < 1.29 is 0 Å². The van der Waals surface area contributed by atoms with Crippen molar-refractivity contribution in [1.82, 2.24) is 48.2 Å². The van der Waals surface area contributed by atoms with Gasteiger partial charge in [-0.1, -0.05) is 388 Å². The molecule has 0 fully saturated rings. The monoisotopic (exact) mass is 1810 g/mol. The summed E-state index contributed by atoms with van der Waals surface area (Å²) in [7, 11) is 0. The van der Waals surface area contributed by atoms with Crippen molar-refractivity contribution in [2.24, 2.45) is 0 Å². The molecule has 142 heavy (non-hydrogen) atoms. The highest BCUT2D eigenvalue weighted by Crippen LogP contribution is 2.49. The lowest BCUT2D eigenvalue weighted by molar-refractivity contribution is 1.15. The molecule has 0 saturated heterocycles. The Labute approximate surface area is 817 Å². The van der Waals surface area contributed by atoms with E-state index in [0.717, 1.165) is 117 Å². The van der Waals surface area contributed by atoms with Crippen molar-refractivity contribution in [2.45, 2.75) is 0 Å². The Morgan fingerprint density at radius 1 is 0.148 bits per heavy atom. The minimum atomic E-state index is 0.700. The van der Waals surface area contributed by atoms with Gasteiger partial charge in [0.15, 0.2) is 11.6 Å². The molecular formula is C132H84N10. The highest BCUT2D eigenvalue weighted by Gasteiger charge is 2.28. The first kappa shape index (κ1) is 82.3. The lowest BCUT2D eigenvalue weighted by Crippen LogP contribution is -1.99. The first-order chi connectivity index (χ1) is 70.4. The summed E-state index contributed by atoms with van der Waals surface area (Å²) in [4.78, 5) is 30.0. The van der Waals surface area contributed by atoms with Gasteiger partial charge in [-0.2, -0.15) is 0 Å². The molecule has 7 aromatic heterocycles. The van der Waals surface area contributed by atoms with Crippen LogP contribution in [0.4, 0.5) is 0 Å². The molecule has 29 aromatic rings. The maximum Gasteiger partial charge on any atom is 0.160 e. The topological polar surface area (TPSA) is 97.1 Å². The van der Waals surface area contributed by atoms with Crippen molar-refractivity contribution in [3.8, 4) is 113 Å². The summed E-state index contributed by atoms with van der Waals surface area (Å²) >= 11 is 0. The van der Waals surface area contributed by atoms with E-state index < -0.39 is 0 Å². The Morgan fingerprint density at radius 3 is 0.965 bits per heavy atom. The Kier molecular flexibility index (Phi) is 20.0. The molecule has 29 rings (SSSR count). The third-order valence-electron chi connectivity index (χ3n) is 28.1. The fourth-order valence-corrected chi connectivity index (χ4v) is 21.7. The number of aromatic nitrogens is 10. The van der Waals surface area contributed by atoms with Gasteiger partial charge in [0, 0.05) is 111 Å². The standard InChI is InChI=1S/C54H35N3.C42H27N3.C36H22N4/c1-4-13-36(14-5-1)39-23-25-41(26-24-39)54-55-49-31-29-45(35-48(49)53(56-54)44-21-12-20-42(33-44)37-15-6-2-7-16-37)57-50-32-28-40-19-10-11-22-46(40)52(50)47-30-27-43(34-51(47)57)38-17-8-3-9-18-38;1-4-12-28(13-5-1)32-20-23-35-39(26-32)45(38-25-21-29-14-10-11-19-34(29)40(35)38)33-22-24-37-36(27-33)41(30-15-6-2-7-16-30)44-42(43-37)31-17-8-3-9-18-31;1-2-10-23(11-3-1)39-31-16-8-6-14-27(31)33-25-12-4-5-13-26(25)34-28-15-7-9-17-32(28)40(36(34)35(33)39)24-18-19-29-30(22-24)38-21-20-37-29/h1-35H;1-27H;1-22H. The zero-order valence-electron chi connectivity index (χ0n) is 77.0. The van der Waals surface area contributed by atoms with E-state index in [2.05, 4.69) is 495 Å². The maximum atomic E-state index is 5.40. The number of para-hydroxylation sites is 3. The number of benzene rings is 22. The van der Waals surface area contributed by atoms with E-state index in [1.54, 1.807) is 12.4 Å². The van der Waals surface area contributed by atoms with E-state index in [1.165, 1.54) is 142 Å². The summed E-state index contributed by atoms with van der Waals surface area (Å²) in [5.41, 5.74) is 32.7. The number of nitrogens with zero attached hydrogens (tertiary/aromatic N) is 10. The first-order valence-corrected chi connectivity index (χ1v) is 48.2. The van der Waals surface area contributed by atoms with Gasteiger partial charge in [0.05, 0.1) is 77.6 Å². The van der Waals surface area contributed by atoms with Crippen molar-refractivity contribution in [1.29, 1.82) is 0 Å². The van der Waals surface area contributed by atoms with Crippen LogP contribution in [0.1, 0.15) is 0 Å². The highest BCUT2D eigenvalue weighted by atomic mass is 15.1. The molecule has 10 heteroatoms. The predicted molar refractivity (Wildman–Crippen MR) is 592 cm³/mol. The predicted octanol–water partition coefficient (Wildman–Crippen LogP) is 34.1. The second-order valence-corrected chi connectivity index (χ2v) is 36.3. The van der Waals surface area contributed by atoms with Crippen molar-refractivity contribution in [3.05, 3.63) is 510 Å². The third kappa shape index (κ3) is 14.2. The minimum absolute atomic E-state index is 0.700. The molecule has 0 bridgehead atoms. The quantitative estimate of drug-likeness (QED) is 0.121. The fourth-order valence-electron chi connectivity index (χ4n) is 21.7. The van der Waals surface area contributed by atoms with Crippen LogP contribution in [0.3, 0.4) is 0 Å². The molecule has 0 aliphatic heterocycles. The molecular weight excluding hydrogens is 1730 g/mol. The van der Waals surface area contributed by atoms with Crippen LogP contribution in [-0.4, -0.2) is 48.2 Å². The van der Waals surface area contributed by atoms with Gasteiger partial charge in [-0.05, 0) is 186 Å². The van der Waals surface area contributed by atoms with Gasteiger partial charge >= 0.3 is 0 Å². The third-order valence-corrected chi connectivity index (χ3v) is 28.1. The van der Waals surface area contributed by atoms with Crippen LogP contribution >= 0.6 is 0 Å². The maximum absolute atomic E-state index is 5.40. The molecule has 0 aliphatic carbocycles. The average molecular weight is 1810 g/mol. The van der Waals surface area contributed by atoms with Crippen LogP contribution in [0.25, 0.3) is 265 Å². The van der Waals surface area contributed by atoms with Crippen LogP contribution < -0.4 is 0 Å². The van der Waals surface area contributed by atoms with E-state index in [0.29, 0.717) is 5.82 Å². The Bertz CT molecular complexity index is 10000. The fraction of sp³-hybridized carbons (Fsp3) is 0. The van der Waals surface area contributed by atoms with Crippen LogP contribution in [0.5, 0.6) is 0 Å². The Hall–Kier alpha value is -19.2. The van der Waals surface area contributed by atoms with Crippen molar-refractivity contribution in [2.75, 3.05) is 0 Å². The Balaban J connectivity index is 0.000000108. The average Bonchev–Trinajstić information content (AvgIpc) is 1.52. The van der Waals surface area contributed by atoms with Crippen LogP contribution in [0.15, 0.2) is 510 Å². The van der Waals surface area contributed by atoms with Gasteiger partial charge in [0.25, 0.3) is 0 Å². The van der Waals surface area contributed by atoms with E-state index in [1.807, 2.05) is 30.3 Å². The summed E-state index contributed by atoms with van der Waals surface area (Å²) in [6.45, 7) is 0. The molecule has 0 saturated carbocycles. The number of fused-ring (bicyclic) bond motifs is 23. The lowest BCUT2D eigenvalue weighted by atomic mass is 9.98. The second kappa shape index (κ2) is 34.6. The van der Waals surface area contributed by atoms with Gasteiger partial charge in [-0.15, -0.1) is 0 Å². The molecule has 7 heterocycles. The molecule has 662 valence electrons. The van der Waals surface area contributed by atoms with Crippen LogP contribution in [0.2, 0.25) is 0 Å². The van der Waals surface area contributed by atoms with E-state index in [9.17, 15) is 0 Å². The van der Waals surface area contributed by atoms with Gasteiger partial charge in [0.2, 0.25) is 0 Å². The summed E-state index contributed by atoms with van der Waals surface area (Å²) < 4.78 is 9.69. The SMILES string of the molecule is c1ccc(-c2ccc(-c3nc(-c4cccc(-c5ccccc5)c4)c4cc(-n5c6cc(-c7ccccc7)ccc6c6c7ccccc7ccc65)ccc4n3)cc2)cc1.c1ccc(-c2ccc3c4c5ccccc5ccc4n(-c4ccc5nc(-c6ccccc6)nc(-c6ccccc6)c5c4)c3c2)cc1.c1ccc(-n2c3ccccc3c3c4ccccc4c4c5ccccc5n(-c5ccc6nccnc6c5)c4c32)cc1. The molecule has 0 unspecified atom stereocenters. The summed E-state index contributed by atoms with van der Waals surface area (Å²) in [5.74, 6) is 1.43. The van der Waals surface area contributed by atoms with Crippen LogP contribution in [0, 0.1) is 0 Å². The largest absolute Gasteiger partial charge is 0.309 e. The van der Waals surface area contributed by atoms with Crippen molar-refractivity contribution >= 4 is 152 Å². The smallest absolute Gasteiger partial charge is 0.160 e. The zero-order valence-corrected chi connectivity index (χ0v) is 77.0. The first-order valence-electron chi connectivity index (χ1n) is 48.2. The lowest BCUT2D eigenvalue weighted by Gasteiger charge is -2.14. The van der Waals surface area contributed by atoms with Crippen LogP contribution in [-0.2, 0) is 0 Å². The van der Waals surface area contributed by atoms with E-state index in [4.69, 9.17) is 19.9 Å². The molecule has 22 aromatic carbocycles. The van der Waals surface area contributed by atoms with Crippen molar-refractivity contribution in [3.63, 3.8) is 0 Å². The minimum Gasteiger partial charge on any atom is -0.309 e. The summed E-state index contributed by atoms with van der Waals surface area (Å²) in [6, 6.07) is 177. The summed E-state index contributed by atoms with van der Waals surface area (Å²) in [5, 5.41) is 19.5. The highest BCUT2D eigenvalue weighted by molar-refractivity contribution is 6.37. The van der Waals surface area contributed by atoms with E-state index >= 15 is 0 Å². The van der Waals surface area contributed by atoms with Gasteiger partial charge in [0.1, 0.15) is 0 Å². The number of hydrogen-bond acceptors (Lipinski definition) is 6. The summed E-state index contributed by atoms with van der Waals surface area (Å²) in [6.07, 6.45) is 3.51. The molecule has 0 N–H and O–H groups in total. The van der Waals surface area contributed by atoms with Gasteiger partial charge in [-0.3, -0.25) is 9.97 Å². The van der Waals surface area contributed by atoms with Gasteiger partial charge in [-0.25, -0.2) is 19.9 Å². The molecule has 0 spiro atoms. The zero-order chi connectivity index (χ0) is 93.7. The Morgan fingerprint density at radius 2 is 0.479 bits per heavy atom. The second-order valence-electron chi connectivity index (χ2n) is 36.3. The molecule has 0 atom stereocenters. The molecule has 10 nitrogen and oxygen atoms in total. The van der Waals surface area contributed by atoms with Gasteiger partial charge < -0.3 is 18.3 Å². The number of hydrogen-bond donors (Lipinski definition) is 0. The molecule has 0 amide bonds. The normalized spacial score (nSPS) is 11.7.